The molecule has 2 aromatic carbocycles. The number of fused-ring (bicyclic) bond motifs is 2. The summed E-state index contributed by atoms with van der Waals surface area (Å²) in [5.41, 5.74) is 14.3. The predicted molar refractivity (Wildman–Crippen MR) is 142 cm³/mol. The first-order valence-electron chi connectivity index (χ1n) is 11.4. The molecule has 6 aromatic rings. The molecule has 0 spiro atoms. The number of nitrogens with zero attached hydrogens (tertiary/aromatic N) is 6. The maximum absolute atomic E-state index is 6.29. The molecule has 8 nitrogen and oxygen atoms in total. The van der Waals surface area contributed by atoms with Gasteiger partial charge in [0.1, 0.15) is 0 Å². The minimum Gasteiger partial charge on any atom is -0.481 e. The second-order valence-electron chi connectivity index (χ2n) is 8.71. The number of methoxy groups -OCH3 is 1. The molecule has 4 heterocycles. The lowest BCUT2D eigenvalue weighted by molar-refractivity contribution is 0.397. The average molecular weight is 494 g/mol. The van der Waals surface area contributed by atoms with Crippen LogP contribution < -0.4 is 10.5 Å². The van der Waals surface area contributed by atoms with Crippen LogP contribution in [0.15, 0.2) is 66.4 Å². The molecule has 2 N–H and O–H groups in total. The molecule has 0 aliphatic rings. The van der Waals surface area contributed by atoms with Crippen LogP contribution in [-0.4, -0.2) is 37.1 Å². The molecule has 0 aliphatic carbocycles. The lowest BCUT2D eigenvalue weighted by Gasteiger charge is -2.18. The van der Waals surface area contributed by atoms with Gasteiger partial charge in [0.2, 0.25) is 5.88 Å². The summed E-state index contributed by atoms with van der Waals surface area (Å²) in [4.78, 5) is 14.4. The average Bonchev–Trinajstić information content (AvgIpc) is 3.49. The Balaban J connectivity index is 1.57. The number of nitrogens with two attached hydrogens (primary N) is 1. The zero-order valence-corrected chi connectivity index (χ0v) is 20.8. The van der Waals surface area contributed by atoms with E-state index in [4.69, 9.17) is 20.4 Å². The Morgan fingerprint density at radius 3 is 2.67 bits per heavy atom. The first-order valence-corrected chi connectivity index (χ1v) is 12.3. The van der Waals surface area contributed by atoms with E-state index >= 15 is 0 Å². The molecule has 0 saturated heterocycles. The summed E-state index contributed by atoms with van der Waals surface area (Å²) in [6, 6.07) is 14.1. The smallest absolute Gasteiger partial charge is 0.212 e. The van der Waals surface area contributed by atoms with Crippen LogP contribution in [0.3, 0.4) is 0 Å². The van der Waals surface area contributed by atoms with E-state index in [-0.39, 0.29) is 5.92 Å². The molecule has 4 aromatic heterocycles. The topological polar surface area (TPSA) is 105 Å². The van der Waals surface area contributed by atoms with E-state index in [0.717, 1.165) is 39.1 Å². The van der Waals surface area contributed by atoms with Crippen LogP contribution >= 0.6 is 11.3 Å². The van der Waals surface area contributed by atoms with Crippen molar-refractivity contribution in [2.45, 2.75) is 12.8 Å². The third-order valence-corrected chi connectivity index (χ3v) is 7.49. The fourth-order valence-corrected chi connectivity index (χ4v) is 5.49. The molecule has 36 heavy (non-hydrogen) atoms. The molecule has 0 bridgehead atoms. The second kappa shape index (κ2) is 8.69. The van der Waals surface area contributed by atoms with Crippen molar-refractivity contribution in [2.75, 3.05) is 12.8 Å². The fourth-order valence-electron chi connectivity index (χ4n) is 4.57. The number of hydrogen-bond donors (Lipinski definition) is 1. The van der Waals surface area contributed by atoms with Crippen LogP contribution in [0.25, 0.3) is 32.2 Å². The van der Waals surface area contributed by atoms with E-state index in [9.17, 15) is 0 Å². The van der Waals surface area contributed by atoms with Crippen molar-refractivity contribution >= 4 is 38.1 Å². The first-order chi connectivity index (χ1) is 17.5. The van der Waals surface area contributed by atoms with Crippen LogP contribution in [0.4, 0.5) is 5.69 Å². The molecule has 0 aliphatic heterocycles. The number of rotatable bonds is 5. The van der Waals surface area contributed by atoms with Gasteiger partial charge in [-0.1, -0.05) is 17.3 Å². The van der Waals surface area contributed by atoms with Crippen LogP contribution in [0.1, 0.15) is 28.4 Å². The Morgan fingerprint density at radius 1 is 1.03 bits per heavy atom. The molecular formula is C27H23N7OS. The second-order valence-corrected chi connectivity index (χ2v) is 9.62. The number of benzene rings is 2. The predicted octanol–water partition coefficient (Wildman–Crippen LogP) is 5.11. The molecule has 178 valence electrons. The molecule has 0 radical (unpaired) electrons. The maximum Gasteiger partial charge on any atom is 0.212 e. The van der Waals surface area contributed by atoms with Gasteiger partial charge in [0, 0.05) is 35.3 Å². The van der Waals surface area contributed by atoms with Gasteiger partial charge in [-0.25, -0.2) is 9.97 Å². The monoisotopic (exact) mass is 493 g/mol. The maximum atomic E-state index is 6.29. The summed E-state index contributed by atoms with van der Waals surface area (Å²) in [5, 5.41) is 11.7. The van der Waals surface area contributed by atoms with Gasteiger partial charge in [-0.3, -0.25) is 9.67 Å². The lowest BCUT2D eigenvalue weighted by Crippen LogP contribution is -2.12. The molecule has 9 heteroatoms. The van der Waals surface area contributed by atoms with Gasteiger partial charge in [-0.05, 0) is 58.6 Å². The van der Waals surface area contributed by atoms with Gasteiger partial charge in [0.05, 0.1) is 47.8 Å². The molecule has 0 saturated carbocycles. The van der Waals surface area contributed by atoms with Crippen LogP contribution in [0, 0.1) is 6.92 Å². The largest absolute Gasteiger partial charge is 0.481 e. The van der Waals surface area contributed by atoms with Gasteiger partial charge in [0.25, 0.3) is 0 Å². The molecule has 1 atom stereocenters. The first kappa shape index (κ1) is 22.1. The number of nitrogen functional groups attached to an aromatic ring is 1. The minimum absolute atomic E-state index is 0.271. The number of aromatic nitrogens is 6. The molecule has 6 rings (SSSR count). The Hall–Kier alpha value is -4.37. The number of ether oxygens (including phenoxy) is 1. The normalized spacial score (nSPS) is 12.3. The SMILES string of the molecule is COc1ccc([C@H](c2cnc3cc(N)cc(-c4ccc5scc(C)c5c4)c3n2)c2cnnn2C)cn1. The van der Waals surface area contributed by atoms with Crippen molar-refractivity contribution in [1.29, 1.82) is 0 Å². The summed E-state index contributed by atoms with van der Waals surface area (Å²) in [5.74, 6) is 0.273. The van der Waals surface area contributed by atoms with Gasteiger partial charge in [0.15, 0.2) is 0 Å². The molecule has 0 unspecified atom stereocenters. The van der Waals surface area contributed by atoms with Crippen molar-refractivity contribution in [2.24, 2.45) is 7.05 Å². The van der Waals surface area contributed by atoms with Gasteiger partial charge >= 0.3 is 0 Å². The minimum atomic E-state index is -0.271. The summed E-state index contributed by atoms with van der Waals surface area (Å²) < 4.78 is 8.26. The van der Waals surface area contributed by atoms with E-state index < -0.39 is 0 Å². The van der Waals surface area contributed by atoms with Crippen LogP contribution in [0.2, 0.25) is 0 Å². The number of hydrogen-bond acceptors (Lipinski definition) is 8. The van der Waals surface area contributed by atoms with Gasteiger partial charge in [-0.2, -0.15) is 0 Å². The van der Waals surface area contributed by atoms with E-state index in [1.165, 1.54) is 15.6 Å². The molecule has 0 fully saturated rings. The molecular weight excluding hydrogens is 470 g/mol. The quantitative estimate of drug-likeness (QED) is 0.333. The third-order valence-electron chi connectivity index (χ3n) is 6.41. The summed E-state index contributed by atoms with van der Waals surface area (Å²) in [6.07, 6.45) is 5.33. The summed E-state index contributed by atoms with van der Waals surface area (Å²) >= 11 is 1.75. The van der Waals surface area contributed by atoms with E-state index in [0.29, 0.717) is 11.6 Å². The van der Waals surface area contributed by atoms with Crippen LogP contribution in [-0.2, 0) is 7.05 Å². The summed E-state index contributed by atoms with van der Waals surface area (Å²) in [7, 11) is 3.47. The Labute approximate surface area is 211 Å². The highest BCUT2D eigenvalue weighted by molar-refractivity contribution is 7.17. The highest BCUT2D eigenvalue weighted by Gasteiger charge is 2.24. The Bertz CT molecular complexity index is 1720. The van der Waals surface area contributed by atoms with E-state index in [1.807, 2.05) is 31.3 Å². The Morgan fingerprint density at radius 2 is 1.92 bits per heavy atom. The zero-order chi connectivity index (χ0) is 24.8. The standard InChI is InChI=1S/C27H23N7OS/c1-15-14-36-24-6-4-16(8-19(15)24)20-9-18(28)10-21-27(20)32-22(12-29-21)26(23-13-31-33-34(23)2)17-5-7-25(35-3)30-11-17/h4-14,26H,28H2,1-3H3/t26-/m1/s1. The van der Waals surface area contributed by atoms with Gasteiger partial charge < -0.3 is 10.5 Å². The van der Waals surface area contributed by atoms with Crippen molar-refractivity contribution in [3.63, 3.8) is 0 Å². The highest BCUT2D eigenvalue weighted by Crippen LogP contribution is 2.36. The highest BCUT2D eigenvalue weighted by atomic mass is 32.1. The van der Waals surface area contributed by atoms with Crippen LogP contribution in [0.5, 0.6) is 5.88 Å². The number of aryl methyl sites for hydroxylation is 2. The summed E-state index contributed by atoms with van der Waals surface area (Å²) in [6.45, 7) is 2.13. The number of anilines is 1. The van der Waals surface area contributed by atoms with E-state index in [2.05, 4.69) is 45.8 Å². The van der Waals surface area contributed by atoms with Crippen molar-refractivity contribution in [1.82, 2.24) is 29.9 Å². The van der Waals surface area contributed by atoms with Crippen molar-refractivity contribution in [3.05, 3.63) is 88.9 Å². The Kier molecular flexibility index (Phi) is 5.34. The number of thiophene rings is 1. The lowest BCUT2D eigenvalue weighted by atomic mass is 9.93. The third kappa shape index (κ3) is 3.74. The van der Waals surface area contributed by atoms with Gasteiger partial charge in [-0.15, -0.1) is 16.4 Å². The molecule has 0 amide bonds. The fraction of sp³-hybridized carbons (Fsp3) is 0.148. The number of pyridine rings is 1. The van der Waals surface area contributed by atoms with Crippen molar-refractivity contribution in [3.8, 4) is 17.0 Å². The van der Waals surface area contributed by atoms with E-state index in [1.54, 1.807) is 41.7 Å². The van der Waals surface area contributed by atoms with Crippen molar-refractivity contribution < 1.29 is 4.74 Å². The zero-order valence-electron chi connectivity index (χ0n) is 20.0.